The van der Waals surface area contributed by atoms with Crippen molar-refractivity contribution in [2.75, 3.05) is 20.2 Å². The molecule has 4 nitrogen and oxygen atoms in total. The first-order chi connectivity index (χ1) is 10.2. The predicted octanol–water partition coefficient (Wildman–Crippen LogP) is 2.84. The van der Waals surface area contributed by atoms with E-state index in [2.05, 4.69) is 0 Å². The Kier molecular flexibility index (Phi) is 7.69. The van der Waals surface area contributed by atoms with Gasteiger partial charge in [-0.15, -0.1) is 12.4 Å². The van der Waals surface area contributed by atoms with Gasteiger partial charge in [-0.3, -0.25) is 4.79 Å². The van der Waals surface area contributed by atoms with Crippen LogP contribution in [0.5, 0.6) is 5.75 Å². The maximum atomic E-state index is 12.5. The molecule has 2 rings (SSSR count). The summed E-state index contributed by atoms with van der Waals surface area (Å²) in [6, 6.07) is 7.94. The van der Waals surface area contributed by atoms with Crippen molar-refractivity contribution in [1.29, 1.82) is 0 Å². The Bertz CT molecular complexity index is 464. The molecule has 1 amide bonds. The highest BCUT2D eigenvalue weighted by molar-refractivity contribution is 5.85. The van der Waals surface area contributed by atoms with Gasteiger partial charge in [0.25, 0.3) is 0 Å². The second-order valence-corrected chi connectivity index (χ2v) is 5.80. The highest BCUT2D eigenvalue weighted by Crippen LogP contribution is 2.32. The number of halogens is 1. The number of ether oxygens (including phenoxy) is 1. The highest BCUT2D eigenvalue weighted by atomic mass is 35.5. The van der Waals surface area contributed by atoms with Gasteiger partial charge in [0, 0.05) is 19.5 Å². The summed E-state index contributed by atoms with van der Waals surface area (Å²) in [5.74, 6) is 1.58. The van der Waals surface area contributed by atoms with Gasteiger partial charge >= 0.3 is 0 Å². The molecule has 22 heavy (non-hydrogen) atoms. The van der Waals surface area contributed by atoms with Crippen molar-refractivity contribution in [3.05, 3.63) is 29.8 Å². The van der Waals surface area contributed by atoms with E-state index in [9.17, 15) is 4.79 Å². The third-order valence-corrected chi connectivity index (χ3v) is 4.31. The van der Waals surface area contributed by atoms with Crippen LogP contribution < -0.4 is 10.5 Å². The van der Waals surface area contributed by atoms with Crippen molar-refractivity contribution in [1.82, 2.24) is 4.90 Å². The fraction of sp³-hybridized carbons (Fsp3) is 0.588. The van der Waals surface area contributed by atoms with Crippen molar-refractivity contribution in [3.63, 3.8) is 0 Å². The molecule has 0 spiro atoms. The van der Waals surface area contributed by atoms with Crippen LogP contribution in [0, 0.1) is 11.8 Å². The van der Waals surface area contributed by atoms with E-state index in [4.69, 9.17) is 10.5 Å². The molecule has 0 aliphatic heterocycles. The number of hydrogen-bond acceptors (Lipinski definition) is 3. The third-order valence-electron chi connectivity index (χ3n) is 4.31. The molecule has 0 unspecified atom stereocenters. The average molecular weight is 327 g/mol. The maximum absolute atomic E-state index is 12.5. The molecule has 0 bridgehead atoms. The smallest absolute Gasteiger partial charge is 0.226 e. The van der Waals surface area contributed by atoms with Crippen molar-refractivity contribution in [3.8, 4) is 5.75 Å². The quantitative estimate of drug-likeness (QED) is 0.874. The van der Waals surface area contributed by atoms with E-state index in [1.165, 1.54) is 0 Å². The Morgan fingerprint density at radius 2 is 2.00 bits per heavy atom. The minimum atomic E-state index is 0. The first-order valence-electron chi connectivity index (χ1n) is 7.82. The topological polar surface area (TPSA) is 55.6 Å². The minimum Gasteiger partial charge on any atom is -0.494 e. The molecule has 0 radical (unpaired) electrons. The molecule has 1 aromatic carbocycles. The van der Waals surface area contributed by atoms with Gasteiger partial charge in [-0.1, -0.05) is 18.6 Å². The number of carbonyl (C=O) groups excluding carboxylic acids is 1. The van der Waals surface area contributed by atoms with Crippen LogP contribution in [-0.4, -0.2) is 31.0 Å². The summed E-state index contributed by atoms with van der Waals surface area (Å²) in [6.07, 6.45) is 3.19. The zero-order valence-corrected chi connectivity index (χ0v) is 14.3. The summed E-state index contributed by atoms with van der Waals surface area (Å²) in [7, 11) is 1.88. The second kappa shape index (κ2) is 9.01. The molecule has 1 aromatic rings. The molecule has 124 valence electrons. The summed E-state index contributed by atoms with van der Waals surface area (Å²) >= 11 is 0. The molecule has 1 fully saturated rings. The third kappa shape index (κ3) is 4.62. The van der Waals surface area contributed by atoms with Gasteiger partial charge in [0.05, 0.1) is 6.61 Å². The van der Waals surface area contributed by atoms with E-state index in [1.807, 2.05) is 43.1 Å². The van der Waals surface area contributed by atoms with Crippen LogP contribution in [-0.2, 0) is 11.3 Å². The zero-order chi connectivity index (χ0) is 15.2. The van der Waals surface area contributed by atoms with Gasteiger partial charge in [0.1, 0.15) is 5.75 Å². The molecule has 0 heterocycles. The summed E-state index contributed by atoms with van der Waals surface area (Å²) in [5, 5.41) is 0. The van der Waals surface area contributed by atoms with Gasteiger partial charge in [-0.05, 0) is 49.9 Å². The number of hydrogen-bond donors (Lipinski definition) is 1. The van der Waals surface area contributed by atoms with Gasteiger partial charge in [0.2, 0.25) is 5.91 Å². The molecule has 1 aliphatic rings. The number of nitrogens with zero attached hydrogens (tertiary/aromatic N) is 1. The molecule has 2 N–H and O–H groups in total. The first kappa shape index (κ1) is 18.8. The van der Waals surface area contributed by atoms with Crippen LogP contribution in [0.1, 0.15) is 31.7 Å². The number of nitrogens with two attached hydrogens (primary N) is 1. The summed E-state index contributed by atoms with van der Waals surface area (Å²) in [5.41, 5.74) is 6.90. The monoisotopic (exact) mass is 326 g/mol. The first-order valence-corrected chi connectivity index (χ1v) is 7.82. The van der Waals surface area contributed by atoms with Crippen molar-refractivity contribution in [2.24, 2.45) is 17.6 Å². The Balaban J connectivity index is 0.00000242. The van der Waals surface area contributed by atoms with Crippen LogP contribution >= 0.6 is 12.4 Å². The number of benzene rings is 1. The molecular formula is C17H27ClN2O2. The van der Waals surface area contributed by atoms with Crippen molar-refractivity contribution >= 4 is 18.3 Å². The Hall–Kier alpha value is -1.26. The Morgan fingerprint density at radius 1 is 1.32 bits per heavy atom. The van der Waals surface area contributed by atoms with Crippen LogP contribution in [0.2, 0.25) is 0 Å². The molecular weight excluding hydrogens is 300 g/mol. The van der Waals surface area contributed by atoms with E-state index >= 15 is 0 Å². The summed E-state index contributed by atoms with van der Waals surface area (Å²) in [6.45, 7) is 3.89. The van der Waals surface area contributed by atoms with Crippen LogP contribution in [0.15, 0.2) is 24.3 Å². The van der Waals surface area contributed by atoms with Crippen LogP contribution in [0.4, 0.5) is 0 Å². The van der Waals surface area contributed by atoms with E-state index in [1.54, 1.807) is 0 Å². The normalized spacial score (nSPS) is 20.3. The van der Waals surface area contributed by atoms with Crippen molar-refractivity contribution < 1.29 is 9.53 Å². The molecule has 1 aliphatic carbocycles. The second-order valence-electron chi connectivity index (χ2n) is 5.80. The number of amides is 1. The van der Waals surface area contributed by atoms with Gasteiger partial charge < -0.3 is 15.4 Å². The summed E-state index contributed by atoms with van der Waals surface area (Å²) in [4.78, 5) is 14.4. The van der Waals surface area contributed by atoms with Gasteiger partial charge in [-0.2, -0.15) is 0 Å². The van der Waals surface area contributed by atoms with E-state index < -0.39 is 0 Å². The lowest BCUT2D eigenvalue weighted by atomic mass is 9.95. The standard InChI is InChI=1S/C17H26N2O2.ClH/c1-3-21-15-9-7-13(8-10-15)12-19(2)17(20)16-6-4-5-14(16)11-18;/h7-10,14,16H,3-6,11-12,18H2,1-2H3;1H/t14-,16-;/m1./s1. The van der Waals surface area contributed by atoms with Gasteiger partial charge in [0.15, 0.2) is 0 Å². The van der Waals surface area contributed by atoms with E-state index in [-0.39, 0.29) is 24.2 Å². The average Bonchev–Trinajstić information content (AvgIpc) is 2.97. The molecule has 0 saturated heterocycles. The number of carbonyl (C=O) groups is 1. The fourth-order valence-corrected chi connectivity index (χ4v) is 3.14. The van der Waals surface area contributed by atoms with Crippen LogP contribution in [0.3, 0.4) is 0 Å². The van der Waals surface area contributed by atoms with Crippen LogP contribution in [0.25, 0.3) is 0 Å². The Morgan fingerprint density at radius 3 is 2.59 bits per heavy atom. The highest BCUT2D eigenvalue weighted by Gasteiger charge is 2.33. The van der Waals surface area contributed by atoms with Crippen molar-refractivity contribution in [2.45, 2.75) is 32.7 Å². The van der Waals surface area contributed by atoms with E-state index in [0.717, 1.165) is 30.6 Å². The molecule has 0 aromatic heterocycles. The lowest BCUT2D eigenvalue weighted by Gasteiger charge is -2.24. The lowest BCUT2D eigenvalue weighted by molar-refractivity contribution is -0.135. The zero-order valence-electron chi connectivity index (χ0n) is 13.5. The van der Waals surface area contributed by atoms with E-state index in [0.29, 0.717) is 25.6 Å². The maximum Gasteiger partial charge on any atom is 0.226 e. The SMILES string of the molecule is CCOc1ccc(CN(C)C(=O)[C@@H]2CCC[C@@H]2CN)cc1.Cl. The van der Waals surface area contributed by atoms with Gasteiger partial charge in [-0.25, -0.2) is 0 Å². The molecule has 5 heteroatoms. The fourth-order valence-electron chi connectivity index (χ4n) is 3.14. The lowest BCUT2D eigenvalue weighted by Crippen LogP contribution is -2.36. The molecule has 2 atom stereocenters. The predicted molar refractivity (Wildman–Crippen MR) is 91.2 cm³/mol. The minimum absolute atomic E-state index is 0. The molecule has 1 saturated carbocycles. The summed E-state index contributed by atoms with van der Waals surface area (Å²) < 4.78 is 5.43. The Labute approximate surface area is 139 Å². The largest absolute Gasteiger partial charge is 0.494 e. The number of rotatable bonds is 6.